The first-order chi connectivity index (χ1) is 6.70. The van der Waals surface area contributed by atoms with Crippen molar-refractivity contribution in [3.05, 3.63) is 0 Å². The molecule has 0 spiro atoms. The smallest absolute Gasteiger partial charge is 0.226 e. The van der Waals surface area contributed by atoms with E-state index in [1.807, 2.05) is 0 Å². The van der Waals surface area contributed by atoms with Crippen LogP contribution in [-0.4, -0.2) is 40.1 Å². The van der Waals surface area contributed by atoms with Crippen LogP contribution in [0, 0.1) is 0 Å². The van der Waals surface area contributed by atoms with E-state index in [4.69, 9.17) is 11.6 Å². The molecule has 92 valence electrons. The highest BCUT2D eigenvalue weighted by atomic mass is 35.5. The molecule has 0 aliphatic carbocycles. The summed E-state index contributed by atoms with van der Waals surface area (Å²) in [6, 6.07) is -0.297. The van der Waals surface area contributed by atoms with Gasteiger partial charge in [-0.25, -0.2) is 21.6 Å². The molecule has 0 aliphatic rings. The predicted octanol–water partition coefficient (Wildman–Crippen LogP) is 0.315. The van der Waals surface area contributed by atoms with Crippen molar-refractivity contribution in [2.75, 3.05) is 17.2 Å². The van der Waals surface area contributed by atoms with Gasteiger partial charge in [0.1, 0.15) is 0 Å². The highest BCUT2D eigenvalue weighted by molar-refractivity contribution is 8.06. The maximum atomic E-state index is 11.4. The second-order valence-corrected chi connectivity index (χ2v) is 8.00. The van der Waals surface area contributed by atoms with E-state index < -0.39 is 24.9 Å². The van der Waals surface area contributed by atoms with Crippen molar-refractivity contribution < 1.29 is 16.8 Å². The Balaban J connectivity index is 4.49. The van der Waals surface area contributed by atoms with Crippen molar-refractivity contribution in [2.45, 2.75) is 25.8 Å². The number of sulfone groups is 1. The fourth-order valence-corrected chi connectivity index (χ4v) is 4.63. The molecule has 0 saturated carbocycles. The first kappa shape index (κ1) is 15.2. The van der Waals surface area contributed by atoms with Crippen LogP contribution in [0.15, 0.2) is 0 Å². The highest BCUT2D eigenvalue weighted by Crippen LogP contribution is 2.03. The number of nitrogens with one attached hydrogen (secondary N) is 1. The molecule has 5 nitrogen and oxygen atoms in total. The minimum Gasteiger partial charge on any atom is -0.228 e. The fourth-order valence-electron chi connectivity index (χ4n) is 1.05. The van der Waals surface area contributed by atoms with Gasteiger partial charge in [-0.2, -0.15) is 0 Å². The average Bonchev–Trinajstić information content (AvgIpc) is 1.98. The van der Waals surface area contributed by atoms with Gasteiger partial charge >= 0.3 is 0 Å². The summed E-state index contributed by atoms with van der Waals surface area (Å²) in [7, 11) is -7.30. The molecule has 0 aromatic rings. The van der Waals surface area contributed by atoms with Crippen LogP contribution in [0.25, 0.3) is 0 Å². The number of sulfonamides is 1. The van der Waals surface area contributed by atoms with Crippen LogP contribution in [0.1, 0.15) is 19.8 Å². The normalized spacial score (nSPS) is 15.1. The molecule has 0 amide bonds. The molecule has 0 bridgehead atoms. The van der Waals surface area contributed by atoms with Crippen LogP contribution in [0.4, 0.5) is 0 Å². The molecule has 0 radical (unpaired) electrons. The topological polar surface area (TPSA) is 80.3 Å². The molecule has 0 saturated heterocycles. The third-order valence-corrected chi connectivity index (χ3v) is 5.53. The lowest BCUT2D eigenvalue weighted by Gasteiger charge is -2.15. The first-order valence-corrected chi connectivity index (χ1v) is 8.68. The largest absolute Gasteiger partial charge is 0.228 e. The second kappa shape index (κ2) is 6.03. The fraction of sp³-hybridized carbons (Fsp3) is 1.00. The van der Waals surface area contributed by atoms with Crippen molar-refractivity contribution >= 4 is 31.5 Å². The monoisotopic (exact) mass is 277 g/mol. The van der Waals surface area contributed by atoms with Gasteiger partial charge in [-0.3, -0.25) is 0 Å². The van der Waals surface area contributed by atoms with Gasteiger partial charge in [0.15, 0.2) is 14.9 Å². The summed E-state index contributed by atoms with van der Waals surface area (Å²) in [5.41, 5.74) is 0. The zero-order valence-electron chi connectivity index (χ0n) is 8.73. The number of rotatable bonds is 7. The van der Waals surface area contributed by atoms with Crippen LogP contribution >= 0.6 is 11.6 Å². The van der Waals surface area contributed by atoms with E-state index in [-0.39, 0.29) is 6.04 Å². The average molecular weight is 278 g/mol. The van der Waals surface area contributed by atoms with Crippen molar-refractivity contribution in [3.8, 4) is 0 Å². The van der Waals surface area contributed by atoms with Gasteiger partial charge in [0.05, 0.1) is 0 Å². The molecule has 1 unspecified atom stereocenters. The van der Waals surface area contributed by atoms with E-state index in [1.54, 1.807) is 6.92 Å². The van der Waals surface area contributed by atoms with Crippen molar-refractivity contribution in [3.63, 3.8) is 0 Å². The van der Waals surface area contributed by atoms with E-state index in [0.717, 1.165) is 6.26 Å². The lowest BCUT2D eigenvalue weighted by Crippen LogP contribution is -2.37. The van der Waals surface area contributed by atoms with E-state index in [2.05, 4.69) is 4.72 Å². The number of hydrogen-bond acceptors (Lipinski definition) is 4. The Hall–Kier alpha value is 0.150. The van der Waals surface area contributed by atoms with Gasteiger partial charge in [-0.15, -0.1) is 11.6 Å². The molecule has 15 heavy (non-hydrogen) atoms. The maximum Gasteiger partial charge on any atom is 0.226 e. The Morgan fingerprint density at radius 3 is 2.13 bits per heavy atom. The summed E-state index contributed by atoms with van der Waals surface area (Å²) in [6.07, 6.45) is 1.95. The van der Waals surface area contributed by atoms with E-state index in [1.165, 1.54) is 0 Å². The Morgan fingerprint density at radius 1 is 1.27 bits per heavy atom. The Kier molecular flexibility index (Phi) is 6.09. The summed E-state index contributed by atoms with van der Waals surface area (Å²) >= 11 is 5.48. The maximum absolute atomic E-state index is 11.4. The zero-order valence-corrected chi connectivity index (χ0v) is 11.1. The van der Waals surface area contributed by atoms with Crippen molar-refractivity contribution in [1.29, 1.82) is 0 Å². The molecule has 1 N–H and O–H groups in total. The zero-order chi connectivity index (χ0) is 12.1. The van der Waals surface area contributed by atoms with E-state index in [9.17, 15) is 16.8 Å². The van der Waals surface area contributed by atoms with Crippen LogP contribution in [0.5, 0.6) is 0 Å². The van der Waals surface area contributed by atoms with Gasteiger partial charge in [-0.1, -0.05) is 6.92 Å². The van der Waals surface area contributed by atoms with Gasteiger partial charge in [0.25, 0.3) is 0 Å². The summed E-state index contributed by atoms with van der Waals surface area (Å²) in [5, 5.41) is -0.876. The predicted molar refractivity (Wildman–Crippen MR) is 61.2 cm³/mol. The third-order valence-electron chi connectivity index (χ3n) is 1.67. The van der Waals surface area contributed by atoms with Crippen LogP contribution in [0.2, 0.25) is 0 Å². The molecule has 8 heteroatoms. The van der Waals surface area contributed by atoms with Crippen LogP contribution < -0.4 is 4.72 Å². The molecule has 0 aliphatic heterocycles. The molecular weight excluding hydrogens is 262 g/mol. The highest BCUT2D eigenvalue weighted by Gasteiger charge is 2.21. The minimum atomic E-state index is -3.77. The van der Waals surface area contributed by atoms with Gasteiger partial charge in [0, 0.05) is 18.2 Å². The summed E-state index contributed by atoms with van der Waals surface area (Å²) < 4.78 is 46.7. The summed E-state index contributed by atoms with van der Waals surface area (Å²) in [5.74, 6) is 0.333. The minimum absolute atomic E-state index is 0.297. The van der Waals surface area contributed by atoms with E-state index >= 15 is 0 Å². The van der Waals surface area contributed by atoms with Gasteiger partial charge < -0.3 is 0 Å². The number of hydrogen-bond donors (Lipinski definition) is 1. The summed E-state index contributed by atoms with van der Waals surface area (Å²) in [4.78, 5) is 0. The first-order valence-electron chi connectivity index (χ1n) is 4.44. The quantitative estimate of drug-likeness (QED) is 0.680. The SMILES string of the molecule is CCC(CCCl)NS(=O)(=O)CS(C)(=O)=O. The molecule has 0 aromatic heterocycles. The van der Waals surface area contributed by atoms with Gasteiger partial charge in [0.2, 0.25) is 10.0 Å². The molecule has 0 aromatic carbocycles. The lowest BCUT2D eigenvalue weighted by molar-refractivity contribution is 0.533. The lowest BCUT2D eigenvalue weighted by atomic mass is 10.2. The standard InChI is InChI=1S/C7H16ClNO4S2/c1-3-7(4-5-8)9-15(12,13)6-14(2,10)11/h7,9H,3-6H2,1-2H3. The van der Waals surface area contributed by atoms with Crippen molar-refractivity contribution in [2.24, 2.45) is 0 Å². The Morgan fingerprint density at radius 2 is 1.80 bits per heavy atom. The Labute approximate surface area is 96.2 Å². The number of halogens is 1. The van der Waals surface area contributed by atoms with E-state index in [0.29, 0.717) is 18.7 Å². The molecule has 0 heterocycles. The second-order valence-electron chi connectivity index (χ2n) is 3.36. The molecule has 0 fully saturated rings. The van der Waals surface area contributed by atoms with Crippen LogP contribution in [-0.2, 0) is 19.9 Å². The number of alkyl halides is 1. The third kappa shape index (κ3) is 8.01. The molecule has 1 atom stereocenters. The van der Waals surface area contributed by atoms with Gasteiger partial charge in [-0.05, 0) is 12.8 Å². The van der Waals surface area contributed by atoms with Crippen molar-refractivity contribution in [1.82, 2.24) is 4.72 Å². The summed E-state index contributed by atoms with van der Waals surface area (Å²) in [6.45, 7) is 1.81. The molecular formula is C7H16ClNO4S2. The van der Waals surface area contributed by atoms with Crippen LogP contribution in [0.3, 0.4) is 0 Å². The molecule has 0 rings (SSSR count). The Bertz CT molecular complexity index is 376.